The SMILES string of the molecule is CCc1nnsc1C(=O)OCC(=O)c1cc(C)n(-c2nccs2)c1C. The van der Waals surface area contributed by atoms with Crippen LogP contribution in [0.4, 0.5) is 0 Å². The van der Waals surface area contributed by atoms with Crippen molar-refractivity contribution in [2.75, 3.05) is 6.61 Å². The Morgan fingerprint density at radius 2 is 2.12 bits per heavy atom. The molecule has 0 aliphatic rings. The summed E-state index contributed by atoms with van der Waals surface area (Å²) in [6, 6.07) is 1.79. The van der Waals surface area contributed by atoms with Gasteiger partial charge < -0.3 is 4.74 Å². The van der Waals surface area contributed by atoms with Gasteiger partial charge >= 0.3 is 5.97 Å². The zero-order valence-corrected chi connectivity index (χ0v) is 15.6. The number of rotatable bonds is 6. The number of aromatic nitrogens is 4. The van der Waals surface area contributed by atoms with E-state index in [0.717, 1.165) is 28.1 Å². The molecule has 0 unspecified atom stereocenters. The number of thiazole rings is 1. The molecule has 0 aromatic carbocycles. The average molecular weight is 376 g/mol. The van der Waals surface area contributed by atoms with Crippen LogP contribution in [0.2, 0.25) is 0 Å². The largest absolute Gasteiger partial charge is 0.453 e. The quantitative estimate of drug-likeness (QED) is 0.485. The molecule has 0 atom stereocenters. The number of aryl methyl sites for hydroxylation is 2. The van der Waals surface area contributed by atoms with Gasteiger partial charge in [0.05, 0.1) is 5.69 Å². The molecule has 25 heavy (non-hydrogen) atoms. The van der Waals surface area contributed by atoms with Gasteiger partial charge in [-0.15, -0.1) is 16.4 Å². The van der Waals surface area contributed by atoms with Crippen molar-refractivity contribution in [3.05, 3.63) is 45.2 Å². The number of Topliss-reactive ketones (excluding diaryl/α,β-unsaturated/α-hetero) is 1. The Labute approximate surface area is 152 Å². The summed E-state index contributed by atoms with van der Waals surface area (Å²) >= 11 is 2.47. The maximum absolute atomic E-state index is 12.5. The van der Waals surface area contributed by atoms with Gasteiger partial charge in [0.15, 0.2) is 16.6 Å². The van der Waals surface area contributed by atoms with Gasteiger partial charge in [-0.3, -0.25) is 9.36 Å². The van der Waals surface area contributed by atoms with Crippen LogP contribution < -0.4 is 0 Å². The summed E-state index contributed by atoms with van der Waals surface area (Å²) in [6.45, 7) is 5.33. The van der Waals surface area contributed by atoms with Crippen LogP contribution in [-0.4, -0.2) is 37.5 Å². The molecule has 3 aromatic heterocycles. The van der Waals surface area contributed by atoms with E-state index in [0.29, 0.717) is 22.6 Å². The number of carbonyl (C=O) groups is 2. The Kier molecular flexibility index (Phi) is 5.05. The molecule has 0 N–H and O–H groups in total. The number of hydrogen-bond acceptors (Lipinski definition) is 8. The first kappa shape index (κ1) is 17.4. The monoisotopic (exact) mass is 376 g/mol. The van der Waals surface area contributed by atoms with Gasteiger partial charge in [0.1, 0.15) is 0 Å². The third-order valence-electron chi connectivity index (χ3n) is 3.75. The molecule has 0 bridgehead atoms. The maximum atomic E-state index is 12.5. The van der Waals surface area contributed by atoms with Crippen molar-refractivity contribution in [1.82, 2.24) is 19.1 Å². The van der Waals surface area contributed by atoms with Crippen LogP contribution in [0.25, 0.3) is 5.13 Å². The van der Waals surface area contributed by atoms with E-state index in [-0.39, 0.29) is 12.4 Å². The molecule has 9 heteroatoms. The molecule has 3 aromatic rings. The number of hydrogen-bond donors (Lipinski definition) is 0. The molecular weight excluding hydrogens is 360 g/mol. The molecule has 0 fully saturated rings. The summed E-state index contributed by atoms with van der Waals surface area (Å²) in [4.78, 5) is 29.2. The first-order chi connectivity index (χ1) is 12.0. The van der Waals surface area contributed by atoms with Crippen LogP contribution in [0.5, 0.6) is 0 Å². The first-order valence-corrected chi connectivity index (χ1v) is 9.28. The number of carbonyl (C=O) groups excluding carboxylic acids is 2. The van der Waals surface area contributed by atoms with Gasteiger partial charge in [-0.2, -0.15) is 0 Å². The molecule has 0 spiro atoms. The van der Waals surface area contributed by atoms with Gasteiger partial charge in [-0.25, -0.2) is 9.78 Å². The van der Waals surface area contributed by atoms with Crippen LogP contribution in [0.1, 0.15) is 44.0 Å². The van der Waals surface area contributed by atoms with E-state index in [1.165, 1.54) is 11.3 Å². The smallest absolute Gasteiger partial charge is 0.352 e. The van der Waals surface area contributed by atoms with Crippen molar-refractivity contribution in [1.29, 1.82) is 0 Å². The lowest BCUT2D eigenvalue weighted by Gasteiger charge is -2.06. The Balaban J connectivity index is 1.74. The normalized spacial score (nSPS) is 10.8. The number of ether oxygens (including phenoxy) is 1. The zero-order valence-electron chi connectivity index (χ0n) is 14.0. The lowest BCUT2D eigenvalue weighted by Crippen LogP contribution is -2.15. The Hall–Kier alpha value is -2.39. The summed E-state index contributed by atoms with van der Waals surface area (Å²) < 4.78 is 10.8. The van der Waals surface area contributed by atoms with Crippen molar-refractivity contribution in [3.63, 3.8) is 0 Å². The van der Waals surface area contributed by atoms with Crippen LogP contribution in [0.15, 0.2) is 17.6 Å². The van der Waals surface area contributed by atoms with E-state index < -0.39 is 5.97 Å². The van der Waals surface area contributed by atoms with Crippen molar-refractivity contribution in [3.8, 4) is 5.13 Å². The van der Waals surface area contributed by atoms with Crippen molar-refractivity contribution in [2.45, 2.75) is 27.2 Å². The highest BCUT2D eigenvalue weighted by molar-refractivity contribution is 7.12. The average Bonchev–Trinajstić information content (AvgIpc) is 3.32. The van der Waals surface area contributed by atoms with E-state index in [1.54, 1.807) is 12.3 Å². The lowest BCUT2D eigenvalue weighted by molar-refractivity contribution is 0.0478. The molecule has 0 aliphatic heterocycles. The van der Waals surface area contributed by atoms with Crippen LogP contribution in [0, 0.1) is 13.8 Å². The second-order valence-corrected chi connectivity index (χ2v) is 6.96. The van der Waals surface area contributed by atoms with Crippen LogP contribution in [0.3, 0.4) is 0 Å². The minimum absolute atomic E-state index is 0.250. The van der Waals surface area contributed by atoms with Gasteiger partial charge in [0.25, 0.3) is 0 Å². The molecule has 0 aliphatic carbocycles. The zero-order chi connectivity index (χ0) is 18.0. The van der Waals surface area contributed by atoms with E-state index in [4.69, 9.17) is 4.74 Å². The van der Waals surface area contributed by atoms with Crippen molar-refractivity contribution >= 4 is 34.6 Å². The summed E-state index contributed by atoms with van der Waals surface area (Å²) in [5.74, 6) is -0.811. The Morgan fingerprint density at radius 1 is 1.32 bits per heavy atom. The Bertz CT molecular complexity index is 912. The highest BCUT2D eigenvalue weighted by Crippen LogP contribution is 2.23. The molecule has 0 radical (unpaired) electrons. The van der Waals surface area contributed by atoms with Gasteiger partial charge in [-0.1, -0.05) is 11.4 Å². The highest BCUT2D eigenvalue weighted by atomic mass is 32.1. The van der Waals surface area contributed by atoms with Gasteiger partial charge in [0, 0.05) is 28.5 Å². The molecular formula is C16H16N4O3S2. The number of ketones is 1. The standard InChI is InChI=1S/C16H16N4O3S2/c1-4-12-14(25-19-18-12)15(22)23-8-13(21)11-7-9(2)20(10(11)3)16-17-5-6-24-16/h5-7H,4,8H2,1-3H3. The summed E-state index contributed by atoms with van der Waals surface area (Å²) in [6.07, 6.45) is 2.31. The van der Waals surface area contributed by atoms with Gasteiger partial charge in [-0.05, 0) is 37.9 Å². The predicted molar refractivity (Wildman–Crippen MR) is 94.8 cm³/mol. The number of esters is 1. The third-order valence-corrected chi connectivity index (χ3v) is 5.26. The van der Waals surface area contributed by atoms with Crippen LogP contribution >= 0.6 is 22.9 Å². The maximum Gasteiger partial charge on any atom is 0.352 e. The van der Waals surface area contributed by atoms with Gasteiger partial charge in [0.2, 0.25) is 5.78 Å². The predicted octanol–water partition coefficient (Wildman–Crippen LogP) is 3.00. The fraction of sp³-hybridized carbons (Fsp3) is 0.312. The summed E-state index contributed by atoms with van der Waals surface area (Å²) in [5.41, 5.74) is 2.80. The fourth-order valence-electron chi connectivity index (χ4n) is 2.54. The summed E-state index contributed by atoms with van der Waals surface area (Å²) in [7, 11) is 0. The van der Waals surface area contributed by atoms with E-state index in [2.05, 4.69) is 14.6 Å². The second-order valence-electron chi connectivity index (χ2n) is 5.34. The molecule has 3 rings (SSSR count). The molecule has 0 amide bonds. The van der Waals surface area contributed by atoms with Crippen LogP contribution in [-0.2, 0) is 11.2 Å². The minimum atomic E-state index is -0.561. The summed E-state index contributed by atoms with van der Waals surface area (Å²) in [5, 5.41) is 6.55. The van der Waals surface area contributed by atoms with E-state index >= 15 is 0 Å². The molecule has 0 saturated carbocycles. The van der Waals surface area contributed by atoms with Crippen molar-refractivity contribution in [2.24, 2.45) is 0 Å². The van der Waals surface area contributed by atoms with E-state index in [1.807, 2.05) is 30.7 Å². The second kappa shape index (κ2) is 7.24. The molecule has 0 saturated heterocycles. The third kappa shape index (κ3) is 3.38. The Morgan fingerprint density at radius 3 is 2.80 bits per heavy atom. The first-order valence-electron chi connectivity index (χ1n) is 7.63. The fourth-order valence-corrected chi connectivity index (χ4v) is 3.93. The molecule has 3 heterocycles. The minimum Gasteiger partial charge on any atom is -0.453 e. The number of nitrogens with zero attached hydrogens (tertiary/aromatic N) is 4. The molecule has 7 nitrogen and oxygen atoms in total. The molecule has 130 valence electrons. The highest BCUT2D eigenvalue weighted by Gasteiger charge is 2.21. The van der Waals surface area contributed by atoms with Crippen molar-refractivity contribution < 1.29 is 14.3 Å². The van der Waals surface area contributed by atoms with E-state index in [9.17, 15) is 9.59 Å². The lowest BCUT2D eigenvalue weighted by atomic mass is 10.1. The topological polar surface area (TPSA) is 87.0 Å².